The average Bonchev–Trinajstić information content (AvgIpc) is 2.65. The maximum Gasteiger partial charge on any atom is 0.241 e. The molecule has 1 amide bonds. The summed E-state index contributed by atoms with van der Waals surface area (Å²) in [5, 5.41) is 2.69. The van der Waals surface area contributed by atoms with Crippen LogP contribution >= 0.6 is 11.8 Å². The number of hydrogen-bond donors (Lipinski definition) is 2. The van der Waals surface area contributed by atoms with Crippen molar-refractivity contribution in [3.63, 3.8) is 0 Å². The number of rotatable bonds is 8. The molecule has 28 heavy (non-hydrogen) atoms. The van der Waals surface area contributed by atoms with Crippen molar-refractivity contribution in [3.8, 4) is 5.75 Å². The lowest BCUT2D eigenvalue weighted by atomic mass is 10.0. The van der Waals surface area contributed by atoms with Gasteiger partial charge in [0.1, 0.15) is 5.75 Å². The van der Waals surface area contributed by atoms with Crippen LogP contribution in [0.15, 0.2) is 46.2 Å². The predicted octanol–water partition coefficient (Wildman–Crippen LogP) is 4.11. The zero-order chi connectivity index (χ0) is 20.9. The van der Waals surface area contributed by atoms with Crippen molar-refractivity contribution in [2.24, 2.45) is 0 Å². The second-order valence-electron chi connectivity index (χ2n) is 6.35. The van der Waals surface area contributed by atoms with E-state index in [0.29, 0.717) is 12.1 Å². The molecule has 2 aromatic carbocycles. The third-order valence-electron chi connectivity index (χ3n) is 4.32. The molecule has 1 atom stereocenters. The Morgan fingerprint density at radius 3 is 2.46 bits per heavy atom. The second-order valence-corrected chi connectivity index (χ2v) is 8.92. The number of ether oxygens (including phenoxy) is 1. The van der Waals surface area contributed by atoms with Gasteiger partial charge in [0.15, 0.2) is 0 Å². The van der Waals surface area contributed by atoms with Gasteiger partial charge in [-0.3, -0.25) is 4.79 Å². The minimum atomic E-state index is -3.77. The summed E-state index contributed by atoms with van der Waals surface area (Å²) >= 11 is 1.44. The molecule has 152 valence electrons. The van der Waals surface area contributed by atoms with Gasteiger partial charge in [-0.25, -0.2) is 13.1 Å². The number of carbonyl (C=O) groups is 1. The summed E-state index contributed by atoms with van der Waals surface area (Å²) < 4.78 is 34.0. The number of amides is 1. The predicted molar refractivity (Wildman–Crippen MR) is 114 cm³/mol. The Kier molecular flexibility index (Phi) is 7.51. The van der Waals surface area contributed by atoms with Crippen molar-refractivity contribution in [3.05, 3.63) is 47.5 Å². The van der Waals surface area contributed by atoms with Gasteiger partial charge in [0.25, 0.3) is 0 Å². The summed E-state index contributed by atoms with van der Waals surface area (Å²) in [6.45, 7) is 5.24. The minimum Gasteiger partial charge on any atom is -0.496 e. The molecule has 0 unspecified atom stereocenters. The maximum atomic E-state index is 13.0. The molecule has 2 N–H and O–H groups in total. The lowest BCUT2D eigenvalue weighted by molar-refractivity contribution is -0.114. The number of sulfonamides is 1. The number of benzene rings is 2. The minimum absolute atomic E-state index is 0.109. The first kappa shape index (κ1) is 22.3. The third kappa shape index (κ3) is 5.27. The van der Waals surface area contributed by atoms with Crippen LogP contribution < -0.4 is 14.8 Å². The van der Waals surface area contributed by atoms with Crippen LogP contribution in [0.4, 0.5) is 5.69 Å². The molecule has 0 saturated carbocycles. The fraction of sp³-hybridized carbons (Fsp3) is 0.350. The van der Waals surface area contributed by atoms with E-state index >= 15 is 0 Å². The summed E-state index contributed by atoms with van der Waals surface area (Å²) in [7, 11) is -2.17. The van der Waals surface area contributed by atoms with Crippen LogP contribution in [0.1, 0.15) is 37.4 Å². The van der Waals surface area contributed by atoms with Crippen LogP contribution in [-0.2, 0) is 14.8 Å². The Balaban J connectivity index is 2.35. The largest absolute Gasteiger partial charge is 0.496 e. The number of carbonyl (C=O) groups excluding carboxylic acids is 1. The number of aryl methyl sites for hydroxylation is 1. The maximum absolute atomic E-state index is 13.0. The molecule has 0 bridgehead atoms. The number of anilines is 1. The highest BCUT2D eigenvalue weighted by molar-refractivity contribution is 7.98. The summed E-state index contributed by atoms with van der Waals surface area (Å²) in [6.07, 6.45) is 2.46. The van der Waals surface area contributed by atoms with E-state index in [-0.39, 0.29) is 16.8 Å². The van der Waals surface area contributed by atoms with Crippen molar-refractivity contribution in [2.45, 2.75) is 43.0 Å². The van der Waals surface area contributed by atoms with Crippen LogP contribution in [0, 0.1) is 6.92 Å². The molecule has 0 aromatic heterocycles. The zero-order valence-corrected chi connectivity index (χ0v) is 18.3. The summed E-state index contributed by atoms with van der Waals surface area (Å²) in [4.78, 5) is 12.3. The Hall–Kier alpha value is -2.03. The van der Waals surface area contributed by atoms with E-state index in [9.17, 15) is 13.2 Å². The summed E-state index contributed by atoms with van der Waals surface area (Å²) in [5.74, 6) is 0.506. The quantitative estimate of drug-likeness (QED) is 0.625. The molecule has 0 heterocycles. The molecule has 0 fully saturated rings. The fourth-order valence-electron chi connectivity index (χ4n) is 2.90. The molecular formula is C20H26N2O4S2. The van der Waals surface area contributed by atoms with Gasteiger partial charge in [0.05, 0.1) is 17.7 Å². The number of nitrogens with one attached hydrogen (secondary N) is 2. The molecule has 0 aliphatic carbocycles. The molecule has 0 radical (unpaired) electrons. The van der Waals surface area contributed by atoms with Crippen molar-refractivity contribution < 1.29 is 17.9 Å². The molecule has 0 aliphatic heterocycles. The Morgan fingerprint density at radius 2 is 1.93 bits per heavy atom. The molecule has 0 spiro atoms. The molecule has 0 saturated heterocycles. The summed E-state index contributed by atoms with van der Waals surface area (Å²) in [6, 6.07) is 9.98. The van der Waals surface area contributed by atoms with Gasteiger partial charge in [-0.2, -0.15) is 0 Å². The Bertz CT molecular complexity index is 959. The van der Waals surface area contributed by atoms with Crippen molar-refractivity contribution >= 4 is 33.4 Å². The van der Waals surface area contributed by atoms with Crippen molar-refractivity contribution in [1.29, 1.82) is 0 Å². The second kappa shape index (κ2) is 9.45. The van der Waals surface area contributed by atoms with Gasteiger partial charge >= 0.3 is 0 Å². The van der Waals surface area contributed by atoms with E-state index in [1.165, 1.54) is 24.8 Å². The average molecular weight is 423 g/mol. The van der Waals surface area contributed by atoms with E-state index in [1.54, 1.807) is 19.2 Å². The summed E-state index contributed by atoms with van der Waals surface area (Å²) in [5.41, 5.74) is 2.29. The van der Waals surface area contributed by atoms with Crippen LogP contribution in [0.2, 0.25) is 0 Å². The molecule has 6 nitrogen and oxygen atoms in total. The van der Waals surface area contributed by atoms with Crippen LogP contribution in [0.3, 0.4) is 0 Å². The van der Waals surface area contributed by atoms with Gasteiger partial charge in [0.2, 0.25) is 15.9 Å². The number of thioether (sulfide) groups is 1. The lowest BCUT2D eigenvalue weighted by Crippen LogP contribution is -2.28. The fourth-order valence-corrected chi connectivity index (χ4v) is 4.77. The SMILES string of the molecule is CC[C@@H](NS(=O)(=O)c1ccc(SC)c(NC(C)=O)c1)c1ccc(OC)c(C)c1. The van der Waals surface area contributed by atoms with Crippen LogP contribution in [0.5, 0.6) is 5.75 Å². The van der Waals surface area contributed by atoms with Gasteiger partial charge in [-0.1, -0.05) is 19.1 Å². The van der Waals surface area contributed by atoms with Gasteiger partial charge in [-0.05, 0) is 55.0 Å². The third-order valence-corrected chi connectivity index (χ3v) is 6.58. The lowest BCUT2D eigenvalue weighted by Gasteiger charge is -2.19. The number of methoxy groups -OCH3 is 1. The van der Waals surface area contributed by atoms with Crippen LogP contribution in [-0.4, -0.2) is 27.7 Å². The highest BCUT2D eigenvalue weighted by Crippen LogP contribution is 2.30. The Morgan fingerprint density at radius 1 is 1.21 bits per heavy atom. The molecule has 8 heteroatoms. The first-order valence-electron chi connectivity index (χ1n) is 8.84. The monoisotopic (exact) mass is 422 g/mol. The van der Waals surface area contributed by atoms with E-state index in [0.717, 1.165) is 21.8 Å². The smallest absolute Gasteiger partial charge is 0.241 e. The molecule has 2 rings (SSSR count). The first-order valence-corrected chi connectivity index (χ1v) is 11.5. The first-order chi connectivity index (χ1) is 13.2. The van der Waals surface area contributed by atoms with Crippen molar-refractivity contribution in [2.75, 3.05) is 18.7 Å². The molecular weight excluding hydrogens is 396 g/mol. The molecule has 0 aliphatic rings. The molecule has 2 aromatic rings. The standard InChI is InChI=1S/C20H26N2O4S2/c1-6-17(15-7-9-19(26-4)13(2)11-15)22-28(24,25)16-8-10-20(27-5)18(12-16)21-14(3)23/h7-12,17,22H,6H2,1-5H3,(H,21,23)/t17-/m1/s1. The van der Waals surface area contributed by atoms with Gasteiger partial charge < -0.3 is 10.1 Å². The van der Waals surface area contributed by atoms with Gasteiger partial charge in [-0.15, -0.1) is 11.8 Å². The normalized spacial score (nSPS) is 12.5. The highest BCUT2D eigenvalue weighted by Gasteiger charge is 2.22. The highest BCUT2D eigenvalue weighted by atomic mass is 32.2. The van der Waals surface area contributed by atoms with E-state index in [2.05, 4.69) is 10.0 Å². The zero-order valence-electron chi connectivity index (χ0n) is 16.7. The topological polar surface area (TPSA) is 84.5 Å². The van der Waals surface area contributed by atoms with Gasteiger partial charge in [0, 0.05) is 17.9 Å². The van der Waals surface area contributed by atoms with E-state index < -0.39 is 10.0 Å². The van der Waals surface area contributed by atoms with E-state index in [1.807, 2.05) is 38.3 Å². The van der Waals surface area contributed by atoms with E-state index in [4.69, 9.17) is 4.74 Å². The van der Waals surface area contributed by atoms with Crippen LogP contribution in [0.25, 0.3) is 0 Å². The number of hydrogen-bond acceptors (Lipinski definition) is 5. The Labute approximate surface area is 171 Å². The van der Waals surface area contributed by atoms with Crippen molar-refractivity contribution in [1.82, 2.24) is 4.72 Å².